The predicted molar refractivity (Wildman–Crippen MR) is 64.2 cm³/mol. The van der Waals surface area contributed by atoms with Crippen LogP contribution in [0.4, 0.5) is 34.6 Å². The number of benzene rings is 1. The second kappa shape index (κ2) is 5.09. The molecule has 0 saturated heterocycles. The second-order valence-electron chi connectivity index (χ2n) is 3.66. The van der Waals surface area contributed by atoms with Gasteiger partial charge in [-0.3, -0.25) is 0 Å². The van der Waals surface area contributed by atoms with Crippen molar-refractivity contribution in [2.45, 2.75) is 13.1 Å². The van der Waals surface area contributed by atoms with Gasteiger partial charge in [0.1, 0.15) is 11.6 Å². The molecule has 1 rings (SSSR count). The molecule has 1 aromatic rings. The monoisotopic (exact) mass is 285 g/mol. The number of hydrogen-bond acceptors (Lipinski definition) is 3. The SMILES string of the molecule is CCN(CC(F)(F)F)c1c(N)cc(N)c(Cl)c1F. The molecule has 0 aliphatic heterocycles. The van der Waals surface area contributed by atoms with Crippen LogP contribution in [0.1, 0.15) is 6.92 Å². The number of rotatable bonds is 3. The van der Waals surface area contributed by atoms with E-state index in [0.29, 0.717) is 0 Å². The van der Waals surface area contributed by atoms with Gasteiger partial charge in [-0.25, -0.2) is 4.39 Å². The number of halogens is 5. The van der Waals surface area contributed by atoms with Crippen molar-refractivity contribution in [1.82, 2.24) is 0 Å². The molecule has 0 unspecified atom stereocenters. The van der Waals surface area contributed by atoms with Crippen molar-refractivity contribution in [2.75, 3.05) is 29.5 Å². The third-order valence-corrected chi connectivity index (χ3v) is 2.69. The number of nitrogen functional groups attached to an aromatic ring is 2. The molecule has 102 valence electrons. The first-order chi connectivity index (χ1) is 8.17. The smallest absolute Gasteiger partial charge is 0.397 e. The van der Waals surface area contributed by atoms with Crippen LogP contribution < -0.4 is 16.4 Å². The maximum Gasteiger partial charge on any atom is 0.405 e. The van der Waals surface area contributed by atoms with Crippen LogP contribution in [0, 0.1) is 5.82 Å². The molecule has 18 heavy (non-hydrogen) atoms. The molecule has 0 amide bonds. The quantitative estimate of drug-likeness (QED) is 0.663. The van der Waals surface area contributed by atoms with Crippen LogP contribution in [0.2, 0.25) is 5.02 Å². The fourth-order valence-electron chi connectivity index (χ4n) is 1.54. The molecule has 0 heterocycles. The summed E-state index contributed by atoms with van der Waals surface area (Å²) in [6, 6.07) is 1.14. The summed E-state index contributed by atoms with van der Waals surface area (Å²) < 4.78 is 50.9. The molecule has 0 bridgehead atoms. The van der Waals surface area contributed by atoms with Crippen LogP contribution >= 0.6 is 11.6 Å². The summed E-state index contributed by atoms with van der Waals surface area (Å²) in [5.74, 6) is -1.04. The van der Waals surface area contributed by atoms with E-state index in [2.05, 4.69) is 0 Å². The van der Waals surface area contributed by atoms with Gasteiger partial charge in [-0.05, 0) is 13.0 Å². The Morgan fingerprint density at radius 3 is 2.28 bits per heavy atom. The Hall–Kier alpha value is -1.37. The topological polar surface area (TPSA) is 55.3 Å². The van der Waals surface area contributed by atoms with E-state index in [4.69, 9.17) is 23.1 Å². The number of nitrogens with two attached hydrogens (primary N) is 2. The van der Waals surface area contributed by atoms with Crippen LogP contribution in [-0.2, 0) is 0 Å². The lowest BCUT2D eigenvalue weighted by Gasteiger charge is -2.26. The third kappa shape index (κ3) is 3.10. The minimum absolute atomic E-state index is 0.0686. The summed E-state index contributed by atoms with van der Waals surface area (Å²) >= 11 is 5.56. The molecule has 0 radical (unpaired) electrons. The molecule has 0 spiro atoms. The van der Waals surface area contributed by atoms with Crippen molar-refractivity contribution in [1.29, 1.82) is 0 Å². The van der Waals surface area contributed by atoms with Crippen molar-refractivity contribution in [3.63, 3.8) is 0 Å². The van der Waals surface area contributed by atoms with E-state index < -0.39 is 23.6 Å². The molecule has 1 aromatic carbocycles. The Morgan fingerprint density at radius 1 is 1.28 bits per heavy atom. The zero-order chi connectivity index (χ0) is 14.1. The summed E-state index contributed by atoms with van der Waals surface area (Å²) in [7, 11) is 0. The van der Waals surface area contributed by atoms with Crippen LogP contribution in [0.3, 0.4) is 0 Å². The van der Waals surface area contributed by atoms with Crippen LogP contribution in [0.15, 0.2) is 6.07 Å². The maximum atomic E-state index is 13.8. The van der Waals surface area contributed by atoms with Gasteiger partial charge < -0.3 is 16.4 Å². The lowest BCUT2D eigenvalue weighted by Crippen LogP contribution is -2.35. The van der Waals surface area contributed by atoms with Gasteiger partial charge in [0, 0.05) is 6.54 Å². The summed E-state index contributed by atoms with van der Waals surface area (Å²) in [5, 5.41) is -0.431. The Bertz CT molecular complexity index is 448. The van der Waals surface area contributed by atoms with E-state index in [1.54, 1.807) is 0 Å². The van der Waals surface area contributed by atoms with Crippen molar-refractivity contribution in [3.8, 4) is 0 Å². The first-order valence-corrected chi connectivity index (χ1v) is 5.39. The van der Waals surface area contributed by atoms with Crippen molar-refractivity contribution >= 4 is 28.7 Å². The Kier molecular flexibility index (Phi) is 4.16. The van der Waals surface area contributed by atoms with Gasteiger partial charge in [0.05, 0.1) is 17.1 Å². The average molecular weight is 286 g/mol. The zero-order valence-corrected chi connectivity index (χ0v) is 10.2. The van der Waals surface area contributed by atoms with E-state index in [9.17, 15) is 17.6 Å². The Morgan fingerprint density at radius 2 is 1.83 bits per heavy atom. The number of anilines is 3. The molecule has 0 saturated carbocycles. The minimum atomic E-state index is -4.47. The van der Waals surface area contributed by atoms with Gasteiger partial charge in [-0.1, -0.05) is 11.6 Å². The van der Waals surface area contributed by atoms with Gasteiger partial charge in [0.2, 0.25) is 0 Å². The molecule has 0 atom stereocenters. The van der Waals surface area contributed by atoms with Gasteiger partial charge in [0.25, 0.3) is 0 Å². The minimum Gasteiger partial charge on any atom is -0.397 e. The molecule has 0 aliphatic carbocycles. The van der Waals surface area contributed by atoms with Crippen LogP contribution in [0.25, 0.3) is 0 Å². The standard InChI is InChI=1S/C10H12ClF4N3/c1-2-18(4-10(13,14)15)9-6(17)3-5(16)7(11)8(9)12/h3H,2,4,16-17H2,1H3. The molecule has 8 heteroatoms. The first-order valence-electron chi connectivity index (χ1n) is 5.02. The Balaban J connectivity index is 3.26. The molecule has 0 fully saturated rings. The molecule has 4 N–H and O–H groups in total. The van der Waals surface area contributed by atoms with E-state index in [1.807, 2.05) is 0 Å². The van der Waals surface area contributed by atoms with Gasteiger partial charge >= 0.3 is 6.18 Å². The van der Waals surface area contributed by atoms with E-state index in [-0.39, 0.29) is 23.6 Å². The summed E-state index contributed by atoms with van der Waals surface area (Å²) in [4.78, 5) is 0.760. The molecular formula is C10H12ClF4N3. The lowest BCUT2D eigenvalue weighted by molar-refractivity contribution is -0.119. The van der Waals surface area contributed by atoms with Crippen LogP contribution in [-0.4, -0.2) is 19.3 Å². The third-order valence-electron chi connectivity index (χ3n) is 2.31. The van der Waals surface area contributed by atoms with E-state index in [0.717, 1.165) is 11.0 Å². The molecule has 0 aliphatic rings. The highest BCUT2D eigenvalue weighted by Crippen LogP contribution is 2.37. The number of hydrogen-bond donors (Lipinski definition) is 2. The molecule has 0 aromatic heterocycles. The maximum absolute atomic E-state index is 13.8. The first kappa shape index (κ1) is 14.7. The number of nitrogens with zero attached hydrogens (tertiary/aromatic N) is 1. The summed E-state index contributed by atoms with van der Waals surface area (Å²) in [6.07, 6.45) is -4.47. The fourth-order valence-corrected chi connectivity index (χ4v) is 1.69. The molecular weight excluding hydrogens is 274 g/mol. The highest BCUT2D eigenvalue weighted by molar-refractivity contribution is 6.33. The van der Waals surface area contributed by atoms with Gasteiger partial charge in [0.15, 0.2) is 5.82 Å². The van der Waals surface area contributed by atoms with Gasteiger partial charge in [-0.15, -0.1) is 0 Å². The van der Waals surface area contributed by atoms with Gasteiger partial charge in [-0.2, -0.15) is 13.2 Å². The number of alkyl halides is 3. The highest BCUT2D eigenvalue weighted by Gasteiger charge is 2.32. The highest BCUT2D eigenvalue weighted by atomic mass is 35.5. The largest absolute Gasteiger partial charge is 0.405 e. The zero-order valence-electron chi connectivity index (χ0n) is 9.48. The predicted octanol–water partition coefficient (Wildman–Crippen LogP) is 3.03. The molecule has 3 nitrogen and oxygen atoms in total. The summed E-state index contributed by atoms with van der Waals surface area (Å²) in [5.41, 5.74) is 10.2. The van der Waals surface area contributed by atoms with Crippen molar-refractivity contribution in [2.24, 2.45) is 0 Å². The van der Waals surface area contributed by atoms with E-state index in [1.165, 1.54) is 6.92 Å². The Labute approximate surface area is 106 Å². The van der Waals surface area contributed by atoms with E-state index >= 15 is 0 Å². The van der Waals surface area contributed by atoms with Crippen molar-refractivity contribution in [3.05, 3.63) is 16.9 Å². The fraction of sp³-hybridized carbons (Fsp3) is 0.400. The summed E-state index contributed by atoms with van der Waals surface area (Å²) in [6.45, 7) is 0.0701. The normalized spacial score (nSPS) is 11.7. The average Bonchev–Trinajstić information content (AvgIpc) is 2.23. The lowest BCUT2D eigenvalue weighted by atomic mass is 10.2. The van der Waals surface area contributed by atoms with Crippen molar-refractivity contribution < 1.29 is 17.6 Å². The second-order valence-corrected chi connectivity index (χ2v) is 4.04. The van der Waals surface area contributed by atoms with Crippen LogP contribution in [0.5, 0.6) is 0 Å².